The van der Waals surface area contributed by atoms with Crippen molar-refractivity contribution in [3.05, 3.63) is 35.6 Å². The second-order valence-corrected chi connectivity index (χ2v) is 3.65. The molecule has 2 aromatic rings. The van der Waals surface area contributed by atoms with E-state index in [9.17, 15) is 4.79 Å². The molecule has 2 aromatic heterocycles. The first-order chi connectivity index (χ1) is 8.19. The van der Waals surface area contributed by atoms with Crippen LogP contribution in [-0.4, -0.2) is 25.7 Å². The highest BCUT2D eigenvalue weighted by molar-refractivity contribution is 6.29. The molecule has 1 amide bonds. The number of nitrogens with one attached hydrogen (secondary N) is 1. The number of rotatable bonds is 3. The molecule has 0 atom stereocenters. The molecular weight excluding hydrogens is 242 g/mol. The van der Waals surface area contributed by atoms with Crippen LogP contribution in [-0.2, 0) is 6.54 Å². The van der Waals surface area contributed by atoms with Gasteiger partial charge < -0.3 is 5.32 Å². The van der Waals surface area contributed by atoms with Gasteiger partial charge in [-0.25, -0.2) is 4.98 Å². The Morgan fingerprint density at radius 3 is 2.94 bits per heavy atom. The lowest BCUT2D eigenvalue weighted by Crippen LogP contribution is -2.13. The van der Waals surface area contributed by atoms with E-state index in [1.807, 2.05) is 6.92 Å². The Morgan fingerprint density at radius 1 is 1.47 bits per heavy atom. The minimum Gasteiger partial charge on any atom is -0.318 e. The topological polar surface area (TPSA) is 72.7 Å². The van der Waals surface area contributed by atoms with Crippen molar-refractivity contribution in [2.45, 2.75) is 13.5 Å². The van der Waals surface area contributed by atoms with Gasteiger partial charge >= 0.3 is 0 Å². The Labute approximate surface area is 103 Å². The monoisotopic (exact) mass is 251 g/mol. The largest absolute Gasteiger partial charge is 0.318 e. The van der Waals surface area contributed by atoms with Crippen LogP contribution in [0.4, 0.5) is 5.69 Å². The van der Waals surface area contributed by atoms with E-state index in [0.29, 0.717) is 5.69 Å². The predicted molar refractivity (Wildman–Crippen MR) is 62.9 cm³/mol. The van der Waals surface area contributed by atoms with Crippen LogP contribution in [0.1, 0.15) is 17.4 Å². The summed E-state index contributed by atoms with van der Waals surface area (Å²) < 4.78 is 1.71. The summed E-state index contributed by atoms with van der Waals surface area (Å²) in [4.78, 5) is 19.4. The molecule has 0 fully saturated rings. The fourth-order valence-corrected chi connectivity index (χ4v) is 1.40. The summed E-state index contributed by atoms with van der Waals surface area (Å²) in [6.07, 6.45) is 6.02. The molecule has 0 spiro atoms. The molecule has 0 aromatic carbocycles. The van der Waals surface area contributed by atoms with Crippen molar-refractivity contribution in [3.63, 3.8) is 0 Å². The standard InChI is InChI=1S/C10H10ClN5O/c1-2-16-6-7(3-13-16)14-10(17)8-4-12-5-9(11)15-8/h3-6H,2H2,1H3,(H,14,17). The molecule has 1 N–H and O–H groups in total. The van der Waals surface area contributed by atoms with Gasteiger partial charge in [0.05, 0.1) is 24.3 Å². The maximum Gasteiger partial charge on any atom is 0.276 e. The molecule has 0 saturated carbocycles. The summed E-state index contributed by atoms with van der Waals surface area (Å²) in [7, 11) is 0. The third-order valence-corrected chi connectivity index (χ3v) is 2.23. The fourth-order valence-electron chi connectivity index (χ4n) is 1.25. The smallest absolute Gasteiger partial charge is 0.276 e. The molecule has 6 nitrogen and oxygen atoms in total. The molecule has 17 heavy (non-hydrogen) atoms. The predicted octanol–water partition coefficient (Wildman–Crippen LogP) is 1.60. The Balaban J connectivity index is 2.11. The summed E-state index contributed by atoms with van der Waals surface area (Å²) in [6.45, 7) is 2.70. The van der Waals surface area contributed by atoms with Crippen LogP contribution < -0.4 is 5.32 Å². The lowest BCUT2D eigenvalue weighted by Gasteiger charge is -2.01. The summed E-state index contributed by atoms with van der Waals surface area (Å²) in [5.74, 6) is -0.365. The summed E-state index contributed by atoms with van der Waals surface area (Å²) in [5.41, 5.74) is 0.778. The lowest BCUT2D eigenvalue weighted by atomic mass is 10.4. The van der Waals surface area contributed by atoms with Crippen LogP contribution in [0, 0.1) is 0 Å². The lowest BCUT2D eigenvalue weighted by molar-refractivity contribution is 0.102. The Morgan fingerprint density at radius 2 is 2.29 bits per heavy atom. The highest BCUT2D eigenvalue weighted by atomic mass is 35.5. The number of halogens is 1. The Hall–Kier alpha value is -1.95. The third kappa shape index (κ3) is 2.79. The molecule has 7 heteroatoms. The van der Waals surface area contributed by atoms with Gasteiger partial charge in [0.15, 0.2) is 0 Å². The second-order valence-electron chi connectivity index (χ2n) is 3.27. The van der Waals surface area contributed by atoms with Gasteiger partial charge in [0, 0.05) is 12.7 Å². The molecule has 0 saturated heterocycles. The van der Waals surface area contributed by atoms with Crippen molar-refractivity contribution in [2.24, 2.45) is 0 Å². The highest BCUT2D eigenvalue weighted by Gasteiger charge is 2.09. The molecular formula is C10H10ClN5O. The van der Waals surface area contributed by atoms with E-state index in [0.717, 1.165) is 6.54 Å². The molecule has 0 aliphatic rings. The molecule has 2 rings (SSSR count). The summed E-state index contributed by atoms with van der Waals surface area (Å²) in [6, 6.07) is 0. The van der Waals surface area contributed by atoms with Crippen molar-refractivity contribution >= 4 is 23.2 Å². The summed E-state index contributed by atoms with van der Waals surface area (Å²) in [5, 5.41) is 6.88. The maximum atomic E-state index is 11.8. The number of hydrogen-bond donors (Lipinski definition) is 1. The third-order valence-electron chi connectivity index (χ3n) is 2.05. The minimum atomic E-state index is -0.365. The molecule has 0 aliphatic heterocycles. The maximum absolute atomic E-state index is 11.8. The number of nitrogens with zero attached hydrogens (tertiary/aromatic N) is 4. The van der Waals surface area contributed by atoms with Gasteiger partial charge in [-0.3, -0.25) is 14.5 Å². The van der Waals surface area contributed by atoms with Crippen LogP contribution in [0.2, 0.25) is 5.15 Å². The quantitative estimate of drug-likeness (QED) is 0.899. The number of anilines is 1. The number of carbonyl (C=O) groups is 1. The van der Waals surface area contributed by atoms with Crippen molar-refractivity contribution in [2.75, 3.05) is 5.32 Å². The van der Waals surface area contributed by atoms with Gasteiger partial charge in [0.2, 0.25) is 0 Å². The van der Waals surface area contributed by atoms with Gasteiger partial charge in [-0.2, -0.15) is 5.10 Å². The second kappa shape index (κ2) is 4.92. The van der Waals surface area contributed by atoms with Crippen molar-refractivity contribution in [1.82, 2.24) is 19.7 Å². The van der Waals surface area contributed by atoms with Gasteiger partial charge in [0.25, 0.3) is 5.91 Å². The van der Waals surface area contributed by atoms with Gasteiger partial charge in [-0.15, -0.1) is 0 Å². The Kier molecular flexibility index (Phi) is 3.34. The number of amides is 1. The van der Waals surface area contributed by atoms with Crippen molar-refractivity contribution in [3.8, 4) is 0 Å². The number of hydrogen-bond acceptors (Lipinski definition) is 4. The van der Waals surface area contributed by atoms with Gasteiger partial charge in [-0.1, -0.05) is 11.6 Å². The number of carbonyl (C=O) groups excluding carboxylic acids is 1. The first-order valence-electron chi connectivity index (χ1n) is 5.00. The zero-order chi connectivity index (χ0) is 12.3. The zero-order valence-electron chi connectivity index (χ0n) is 9.09. The molecule has 0 unspecified atom stereocenters. The van der Waals surface area contributed by atoms with E-state index < -0.39 is 0 Å². The molecule has 0 aliphatic carbocycles. The van der Waals surface area contributed by atoms with E-state index in [1.54, 1.807) is 17.1 Å². The average Bonchev–Trinajstić information content (AvgIpc) is 2.77. The molecule has 2 heterocycles. The summed E-state index contributed by atoms with van der Waals surface area (Å²) >= 11 is 5.65. The van der Waals surface area contributed by atoms with E-state index in [-0.39, 0.29) is 16.8 Å². The normalized spacial score (nSPS) is 10.2. The van der Waals surface area contributed by atoms with Gasteiger partial charge in [-0.05, 0) is 6.92 Å². The average molecular weight is 252 g/mol. The Bertz CT molecular complexity index is 539. The molecule has 0 bridgehead atoms. The van der Waals surface area contributed by atoms with E-state index >= 15 is 0 Å². The highest BCUT2D eigenvalue weighted by Crippen LogP contribution is 2.08. The van der Waals surface area contributed by atoms with Gasteiger partial charge in [0.1, 0.15) is 10.8 Å². The molecule has 0 radical (unpaired) electrons. The SMILES string of the molecule is CCn1cc(NC(=O)c2cncc(Cl)n2)cn1. The zero-order valence-corrected chi connectivity index (χ0v) is 9.85. The van der Waals surface area contributed by atoms with Crippen LogP contribution in [0.15, 0.2) is 24.8 Å². The molecule has 88 valence electrons. The first kappa shape index (κ1) is 11.5. The van der Waals surface area contributed by atoms with E-state index in [1.165, 1.54) is 12.4 Å². The van der Waals surface area contributed by atoms with Crippen molar-refractivity contribution in [1.29, 1.82) is 0 Å². The van der Waals surface area contributed by atoms with Crippen LogP contribution >= 0.6 is 11.6 Å². The van der Waals surface area contributed by atoms with Crippen molar-refractivity contribution < 1.29 is 4.79 Å². The number of aromatic nitrogens is 4. The van der Waals surface area contributed by atoms with Crippen LogP contribution in [0.3, 0.4) is 0 Å². The van der Waals surface area contributed by atoms with E-state index in [4.69, 9.17) is 11.6 Å². The minimum absolute atomic E-state index is 0.168. The first-order valence-corrected chi connectivity index (χ1v) is 5.38. The van der Waals surface area contributed by atoms with E-state index in [2.05, 4.69) is 20.4 Å². The van der Waals surface area contributed by atoms with Crippen LogP contribution in [0.5, 0.6) is 0 Å². The fraction of sp³-hybridized carbons (Fsp3) is 0.200. The van der Waals surface area contributed by atoms with Crippen LogP contribution in [0.25, 0.3) is 0 Å². The number of aryl methyl sites for hydroxylation is 1.